The van der Waals surface area contributed by atoms with Gasteiger partial charge in [-0.05, 0) is 29.9 Å². The van der Waals surface area contributed by atoms with Gasteiger partial charge in [-0.15, -0.1) is 0 Å². The molecular formula is C19H25NO3. The maximum Gasteiger partial charge on any atom is 0.308 e. The molecule has 1 heterocycles. The molecule has 2 rings (SSSR count). The second-order valence-electron chi connectivity index (χ2n) is 6.45. The van der Waals surface area contributed by atoms with Crippen molar-refractivity contribution in [1.82, 2.24) is 4.90 Å². The lowest BCUT2D eigenvalue weighted by Gasteiger charge is -2.30. The average molecular weight is 315 g/mol. The van der Waals surface area contributed by atoms with Gasteiger partial charge in [0.25, 0.3) is 0 Å². The number of rotatable bonds is 5. The highest BCUT2D eigenvalue weighted by Gasteiger charge is 2.27. The normalized spacial score (nSPS) is 18.6. The number of likely N-dealkylation sites (tertiary alicyclic amines) is 1. The molecule has 1 aromatic carbocycles. The highest BCUT2D eigenvalue weighted by Crippen LogP contribution is 2.18. The van der Waals surface area contributed by atoms with Gasteiger partial charge in [0.05, 0.1) is 5.92 Å². The second kappa shape index (κ2) is 7.95. The van der Waals surface area contributed by atoms with E-state index >= 15 is 0 Å². The third kappa shape index (κ3) is 4.95. The molecule has 1 aromatic rings. The number of benzene rings is 1. The molecule has 1 amide bonds. The van der Waals surface area contributed by atoms with Gasteiger partial charge < -0.3 is 10.0 Å². The lowest BCUT2D eigenvalue weighted by atomic mass is 9.98. The molecule has 0 aromatic heterocycles. The lowest BCUT2D eigenvalue weighted by molar-refractivity contribution is -0.145. The first kappa shape index (κ1) is 17.3. The molecule has 124 valence electrons. The van der Waals surface area contributed by atoms with Crippen molar-refractivity contribution < 1.29 is 14.7 Å². The van der Waals surface area contributed by atoms with Crippen molar-refractivity contribution in [1.29, 1.82) is 0 Å². The predicted octanol–water partition coefficient (Wildman–Crippen LogP) is 3.54. The van der Waals surface area contributed by atoms with Crippen LogP contribution in [0, 0.1) is 5.92 Å². The standard InChI is InChI=1S/C19H25NO3/c1-14(2)16-10-8-15(9-11-16)5-3-7-18(21)20-12-4-6-17(13-20)19(22)23/h3,5,8-11,14,17H,4,6-7,12-13H2,1-2H3,(H,22,23)/b5-3+. The van der Waals surface area contributed by atoms with E-state index in [0.717, 1.165) is 12.0 Å². The van der Waals surface area contributed by atoms with E-state index in [4.69, 9.17) is 5.11 Å². The summed E-state index contributed by atoms with van der Waals surface area (Å²) in [6.45, 7) is 5.32. The highest BCUT2D eigenvalue weighted by molar-refractivity contribution is 5.80. The SMILES string of the molecule is CC(C)c1ccc(/C=C/CC(=O)N2CCCC(C(=O)O)C2)cc1. The Bertz CT molecular complexity index is 575. The van der Waals surface area contributed by atoms with Gasteiger partial charge >= 0.3 is 5.97 Å². The van der Waals surface area contributed by atoms with Gasteiger partial charge in [0, 0.05) is 19.5 Å². The smallest absolute Gasteiger partial charge is 0.308 e. The summed E-state index contributed by atoms with van der Waals surface area (Å²) in [5.41, 5.74) is 2.37. The van der Waals surface area contributed by atoms with E-state index in [9.17, 15) is 9.59 Å². The molecule has 0 bridgehead atoms. The van der Waals surface area contributed by atoms with Crippen LogP contribution in [0.2, 0.25) is 0 Å². The first-order valence-electron chi connectivity index (χ1n) is 8.24. The molecule has 0 saturated carbocycles. The molecule has 0 radical (unpaired) electrons. The fourth-order valence-corrected chi connectivity index (χ4v) is 2.82. The zero-order valence-corrected chi connectivity index (χ0v) is 13.9. The van der Waals surface area contributed by atoms with Crippen molar-refractivity contribution in [3.8, 4) is 0 Å². The summed E-state index contributed by atoms with van der Waals surface area (Å²) in [4.78, 5) is 24.9. The first-order chi connectivity index (χ1) is 11.0. The predicted molar refractivity (Wildman–Crippen MR) is 91.1 cm³/mol. The van der Waals surface area contributed by atoms with Crippen LogP contribution in [-0.2, 0) is 9.59 Å². The van der Waals surface area contributed by atoms with Crippen LogP contribution in [0.15, 0.2) is 30.3 Å². The van der Waals surface area contributed by atoms with Gasteiger partial charge in [0.15, 0.2) is 0 Å². The maximum atomic E-state index is 12.2. The molecule has 1 fully saturated rings. The number of carboxylic acids is 1. The first-order valence-corrected chi connectivity index (χ1v) is 8.24. The van der Waals surface area contributed by atoms with Gasteiger partial charge in [-0.2, -0.15) is 0 Å². The minimum Gasteiger partial charge on any atom is -0.481 e. The van der Waals surface area contributed by atoms with E-state index in [0.29, 0.717) is 31.8 Å². The van der Waals surface area contributed by atoms with Crippen LogP contribution in [-0.4, -0.2) is 35.0 Å². The Balaban J connectivity index is 1.87. The molecule has 1 unspecified atom stereocenters. The Morgan fingerprint density at radius 2 is 2.00 bits per heavy atom. The number of piperidine rings is 1. The van der Waals surface area contributed by atoms with Crippen LogP contribution in [0.25, 0.3) is 6.08 Å². The molecule has 1 aliphatic heterocycles. The molecule has 0 spiro atoms. The monoisotopic (exact) mass is 315 g/mol. The minimum absolute atomic E-state index is 0.00556. The zero-order valence-electron chi connectivity index (χ0n) is 13.9. The van der Waals surface area contributed by atoms with Crippen LogP contribution in [0.5, 0.6) is 0 Å². The maximum absolute atomic E-state index is 12.2. The van der Waals surface area contributed by atoms with Crippen molar-refractivity contribution >= 4 is 18.0 Å². The third-order valence-electron chi connectivity index (χ3n) is 4.33. The van der Waals surface area contributed by atoms with Gasteiger partial charge in [0.2, 0.25) is 5.91 Å². The topological polar surface area (TPSA) is 57.6 Å². The van der Waals surface area contributed by atoms with Crippen LogP contribution >= 0.6 is 0 Å². The number of nitrogens with zero attached hydrogens (tertiary/aromatic N) is 1. The molecule has 1 atom stereocenters. The van der Waals surface area contributed by atoms with Crippen molar-refractivity contribution in [2.45, 2.75) is 39.0 Å². The van der Waals surface area contributed by atoms with E-state index in [2.05, 4.69) is 38.1 Å². The number of carboxylic acid groups (broad SMARTS) is 1. The van der Waals surface area contributed by atoms with E-state index < -0.39 is 11.9 Å². The molecular weight excluding hydrogens is 290 g/mol. The van der Waals surface area contributed by atoms with Gasteiger partial charge in [-0.3, -0.25) is 9.59 Å². The van der Waals surface area contributed by atoms with Crippen molar-refractivity contribution in [2.75, 3.05) is 13.1 Å². The van der Waals surface area contributed by atoms with E-state index in [1.165, 1.54) is 5.56 Å². The Morgan fingerprint density at radius 1 is 1.30 bits per heavy atom. The molecule has 1 saturated heterocycles. The summed E-state index contributed by atoms with van der Waals surface area (Å²) in [7, 11) is 0. The fraction of sp³-hybridized carbons (Fsp3) is 0.474. The summed E-state index contributed by atoms with van der Waals surface area (Å²) in [6, 6.07) is 8.32. The molecule has 4 nitrogen and oxygen atoms in total. The molecule has 1 aliphatic rings. The summed E-state index contributed by atoms with van der Waals surface area (Å²) in [5.74, 6) is -0.703. The highest BCUT2D eigenvalue weighted by atomic mass is 16.4. The number of amides is 1. The molecule has 1 N–H and O–H groups in total. The largest absolute Gasteiger partial charge is 0.481 e. The van der Waals surface area contributed by atoms with Gasteiger partial charge in [-0.1, -0.05) is 50.3 Å². The van der Waals surface area contributed by atoms with Crippen molar-refractivity contribution in [2.24, 2.45) is 5.92 Å². The number of carbonyl (C=O) groups is 2. The van der Waals surface area contributed by atoms with Crippen LogP contribution in [0.3, 0.4) is 0 Å². The summed E-state index contributed by atoms with van der Waals surface area (Å²) >= 11 is 0. The third-order valence-corrected chi connectivity index (χ3v) is 4.33. The van der Waals surface area contributed by atoms with E-state index in [1.54, 1.807) is 4.90 Å². The zero-order chi connectivity index (χ0) is 16.8. The molecule has 4 heteroatoms. The molecule has 23 heavy (non-hydrogen) atoms. The van der Waals surface area contributed by atoms with E-state index in [-0.39, 0.29) is 5.91 Å². The summed E-state index contributed by atoms with van der Waals surface area (Å²) < 4.78 is 0. The number of aliphatic carboxylic acids is 1. The second-order valence-corrected chi connectivity index (χ2v) is 6.45. The lowest BCUT2D eigenvalue weighted by Crippen LogP contribution is -2.42. The van der Waals surface area contributed by atoms with Gasteiger partial charge in [0.1, 0.15) is 0 Å². The Morgan fingerprint density at radius 3 is 2.61 bits per heavy atom. The Labute approximate surface area is 137 Å². The van der Waals surface area contributed by atoms with E-state index in [1.807, 2.05) is 12.2 Å². The van der Waals surface area contributed by atoms with Crippen molar-refractivity contribution in [3.63, 3.8) is 0 Å². The Hall–Kier alpha value is -2.10. The number of hydrogen-bond acceptors (Lipinski definition) is 2. The van der Waals surface area contributed by atoms with Crippen molar-refractivity contribution in [3.05, 3.63) is 41.5 Å². The molecule has 0 aliphatic carbocycles. The summed E-state index contributed by atoms with van der Waals surface area (Å²) in [6.07, 6.45) is 5.55. The fourth-order valence-electron chi connectivity index (χ4n) is 2.82. The minimum atomic E-state index is -0.803. The van der Waals surface area contributed by atoms with Crippen LogP contribution in [0.1, 0.15) is 50.2 Å². The Kier molecular flexibility index (Phi) is 5.97. The number of hydrogen-bond donors (Lipinski definition) is 1. The van der Waals surface area contributed by atoms with Crippen LogP contribution in [0.4, 0.5) is 0 Å². The van der Waals surface area contributed by atoms with Gasteiger partial charge in [-0.25, -0.2) is 0 Å². The number of carbonyl (C=O) groups excluding carboxylic acids is 1. The summed E-state index contributed by atoms with van der Waals surface area (Å²) in [5, 5.41) is 9.07. The quantitative estimate of drug-likeness (QED) is 0.904. The van der Waals surface area contributed by atoms with Crippen LogP contribution < -0.4 is 0 Å². The average Bonchev–Trinajstić information content (AvgIpc) is 2.55.